The number of aliphatic hydroxyl groups is 1. The molecule has 3 aliphatic heterocycles. The van der Waals surface area contributed by atoms with E-state index >= 15 is 0 Å². The van der Waals surface area contributed by atoms with Crippen molar-refractivity contribution in [3.05, 3.63) is 60.2 Å². The van der Waals surface area contributed by atoms with Gasteiger partial charge in [0, 0.05) is 29.8 Å². The van der Waals surface area contributed by atoms with Gasteiger partial charge in [-0.3, -0.25) is 14.4 Å². The van der Waals surface area contributed by atoms with Crippen LogP contribution in [-0.4, -0.2) is 76.7 Å². The van der Waals surface area contributed by atoms with Crippen LogP contribution in [0.2, 0.25) is 0 Å². The predicted molar refractivity (Wildman–Crippen MR) is 159 cm³/mol. The normalized spacial score (nSPS) is 28.3. The summed E-state index contributed by atoms with van der Waals surface area (Å²) in [4.78, 5) is 43.5. The lowest BCUT2D eigenvalue weighted by Gasteiger charge is -2.35. The number of unbranched alkanes of at least 4 members (excludes halogenated alkanes) is 2. The van der Waals surface area contributed by atoms with Crippen LogP contribution in [0.5, 0.6) is 0 Å². The van der Waals surface area contributed by atoms with Crippen molar-refractivity contribution in [2.24, 2.45) is 11.8 Å². The summed E-state index contributed by atoms with van der Waals surface area (Å²) < 4.78 is 0.924. The van der Waals surface area contributed by atoms with Crippen molar-refractivity contribution in [2.45, 2.75) is 59.8 Å². The quantitative estimate of drug-likeness (QED) is 0.217. The molecule has 216 valence electrons. The zero-order chi connectivity index (χ0) is 28.6. The Kier molecular flexibility index (Phi) is 8.06. The molecule has 10 nitrogen and oxygen atoms in total. The minimum atomic E-state index is -0.717. The molecule has 1 aromatic heterocycles. The number of likely N-dealkylation sites (tertiary alicyclic amines) is 1. The highest BCUT2D eigenvalue weighted by Gasteiger charge is 2.75. The Balaban J connectivity index is 1.25. The predicted octanol–water partition coefficient (Wildman–Crippen LogP) is 2.45. The fourth-order valence-electron chi connectivity index (χ4n) is 6.73. The van der Waals surface area contributed by atoms with Crippen LogP contribution in [0.3, 0.4) is 0 Å². The fraction of sp³-hybridized carbons (Fsp3) is 0.483. The maximum Gasteiger partial charge on any atom is 0.245 e. The fourth-order valence-corrected chi connectivity index (χ4v) is 10.3. The molecule has 0 aliphatic carbocycles. The second kappa shape index (κ2) is 11.7. The number of amides is 3. The lowest BCUT2D eigenvalue weighted by Crippen LogP contribution is -2.55. The van der Waals surface area contributed by atoms with E-state index in [9.17, 15) is 19.5 Å². The molecule has 1 spiro atoms. The van der Waals surface area contributed by atoms with E-state index in [1.54, 1.807) is 21.3 Å². The third-order valence-corrected chi connectivity index (χ3v) is 11.8. The first-order valence-corrected chi connectivity index (χ1v) is 15.8. The maximum atomic E-state index is 14.1. The smallest absolute Gasteiger partial charge is 0.245 e. The molecule has 3 aromatic rings. The third-order valence-electron chi connectivity index (χ3n) is 8.53. The van der Waals surface area contributed by atoms with Gasteiger partial charge in [0.25, 0.3) is 0 Å². The van der Waals surface area contributed by atoms with Gasteiger partial charge in [0.15, 0.2) is 0 Å². The molecule has 6 atom stereocenters. The topological polar surface area (TPSA) is 129 Å². The number of rotatable bonds is 11. The van der Waals surface area contributed by atoms with E-state index in [-0.39, 0.29) is 41.1 Å². The van der Waals surface area contributed by atoms with Gasteiger partial charge >= 0.3 is 0 Å². The number of nitrogens with zero attached hydrogens (tertiary/aromatic N) is 4. The molecular weight excluding hydrogens is 608 g/mol. The summed E-state index contributed by atoms with van der Waals surface area (Å²) in [6.07, 6.45) is 2.68. The van der Waals surface area contributed by atoms with E-state index in [2.05, 4.69) is 36.9 Å². The number of thioether (sulfide) groups is 1. The van der Waals surface area contributed by atoms with Crippen LogP contribution < -0.4 is 10.6 Å². The zero-order valence-corrected chi connectivity index (χ0v) is 24.9. The number of aliphatic hydroxyl groups excluding tert-OH is 1. The first-order valence-electron chi connectivity index (χ1n) is 14.1. The van der Waals surface area contributed by atoms with Crippen molar-refractivity contribution < 1.29 is 19.5 Å². The van der Waals surface area contributed by atoms with Crippen LogP contribution in [0.15, 0.2) is 54.6 Å². The molecule has 3 N–H and O–H groups in total. The van der Waals surface area contributed by atoms with Crippen molar-refractivity contribution in [1.29, 1.82) is 0 Å². The molecule has 3 aliphatic rings. The summed E-state index contributed by atoms with van der Waals surface area (Å²) in [6, 6.07) is 16.5. The highest BCUT2D eigenvalue weighted by molar-refractivity contribution is 9.09. The zero-order valence-electron chi connectivity index (χ0n) is 22.5. The van der Waals surface area contributed by atoms with Crippen molar-refractivity contribution in [1.82, 2.24) is 30.5 Å². The number of aromatic nitrogens is 3. The molecule has 0 saturated carbocycles. The Labute approximate surface area is 250 Å². The molecule has 3 unspecified atom stereocenters. The molecule has 3 amide bonds. The standard InChI is InChI=1S/C29H33BrN6O4S/c30-19-15-29-23(22(24(19)41-29)26(38)31-16-18-9-3-1-4-10-18)28(40)35(13-7-2-8-14-37)25(29)27(39)32-17-36-21-12-6-5-11-20(21)33-34-36/h1,3-6,9-12,19,22-25,37H,2,7-8,13-17H2,(H,31,38)(H,32,39)/t19?,22-,23-,24-,25?,29?/m0/s1. The molecule has 41 heavy (non-hydrogen) atoms. The number of nitrogens with one attached hydrogen (secondary N) is 2. The Morgan fingerprint density at radius 3 is 2.63 bits per heavy atom. The molecule has 2 bridgehead atoms. The molecule has 3 fully saturated rings. The molecule has 12 heteroatoms. The third kappa shape index (κ3) is 5.03. The average molecular weight is 642 g/mol. The Morgan fingerprint density at radius 2 is 1.83 bits per heavy atom. The summed E-state index contributed by atoms with van der Waals surface area (Å²) in [7, 11) is 0. The van der Waals surface area contributed by atoms with Gasteiger partial charge in [-0.2, -0.15) is 0 Å². The van der Waals surface area contributed by atoms with Crippen molar-refractivity contribution in [3.8, 4) is 0 Å². The minimum Gasteiger partial charge on any atom is -0.396 e. The number of hydrogen-bond acceptors (Lipinski definition) is 7. The van der Waals surface area contributed by atoms with Crippen molar-refractivity contribution in [3.63, 3.8) is 0 Å². The van der Waals surface area contributed by atoms with Crippen LogP contribution in [0.1, 0.15) is 31.2 Å². The Bertz CT molecular complexity index is 1440. The van der Waals surface area contributed by atoms with Gasteiger partial charge in [0.1, 0.15) is 18.2 Å². The van der Waals surface area contributed by atoms with Crippen molar-refractivity contribution >= 4 is 56.4 Å². The van der Waals surface area contributed by atoms with Crippen LogP contribution in [0.4, 0.5) is 0 Å². The van der Waals surface area contributed by atoms with Gasteiger partial charge in [0.05, 0.1) is 22.1 Å². The van der Waals surface area contributed by atoms with Crippen LogP contribution in [0.25, 0.3) is 11.0 Å². The number of benzene rings is 2. The number of halogens is 1. The van der Waals surface area contributed by atoms with Gasteiger partial charge in [0.2, 0.25) is 17.7 Å². The first kappa shape index (κ1) is 28.2. The van der Waals surface area contributed by atoms with E-state index in [1.165, 1.54) is 0 Å². The number of hydrogen-bond donors (Lipinski definition) is 3. The lowest BCUT2D eigenvalue weighted by molar-refractivity contribution is -0.140. The second-order valence-electron chi connectivity index (χ2n) is 11.0. The average Bonchev–Trinajstić information content (AvgIpc) is 3.70. The highest BCUT2D eigenvalue weighted by Crippen LogP contribution is 2.67. The van der Waals surface area contributed by atoms with Gasteiger partial charge < -0.3 is 20.6 Å². The van der Waals surface area contributed by atoms with E-state index in [0.29, 0.717) is 32.4 Å². The van der Waals surface area contributed by atoms with Crippen LogP contribution in [-0.2, 0) is 27.6 Å². The minimum absolute atomic E-state index is 0.00734. The molecule has 0 radical (unpaired) electrons. The summed E-state index contributed by atoms with van der Waals surface area (Å²) in [5.41, 5.74) is 2.53. The highest BCUT2D eigenvalue weighted by atomic mass is 79.9. The lowest BCUT2D eigenvalue weighted by atomic mass is 9.70. The largest absolute Gasteiger partial charge is 0.396 e. The van der Waals surface area contributed by atoms with Crippen molar-refractivity contribution in [2.75, 3.05) is 13.2 Å². The van der Waals surface area contributed by atoms with Gasteiger partial charge in [-0.25, -0.2) is 4.68 Å². The number of carbonyl (C=O) groups is 3. The van der Waals surface area contributed by atoms with E-state index in [0.717, 1.165) is 23.0 Å². The summed E-state index contributed by atoms with van der Waals surface area (Å²) in [6.45, 7) is 0.992. The second-order valence-corrected chi connectivity index (χ2v) is 13.7. The van der Waals surface area contributed by atoms with E-state index in [1.807, 2.05) is 54.6 Å². The van der Waals surface area contributed by atoms with Gasteiger partial charge in [-0.15, -0.1) is 16.9 Å². The van der Waals surface area contributed by atoms with Crippen LogP contribution >= 0.6 is 27.7 Å². The number of carbonyl (C=O) groups excluding carboxylic acids is 3. The van der Waals surface area contributed by atoms with E-state index in [4.69, 9.17) is 0 Å². The monoisotopic (exact) mass is 640 g/mol. The van der Waals surface area contributed by atoms with E-state index < -0.39 is 22.6 Å². The van der Waals surface area contributed by atoms with Crippen LogP contribution in [0, 0.1) is 11.8 Å². The summed E-state index contributed by atoms with van der Waals surface area (Å²) in [5.74, 6) is -1.64. The molecule has 3 saturated heterocycles. The SMILES string of the molecule is O=C(NCn1nnc2ccccc21)C1N(CCCCCO)C(=O)[C@@H]2[C@H](C(=O)NCc3ccccc3)[C@H]3SC12CC3Br. The Hall–Kier alpha value is -2.96. The molecule has 6 rings (SSSR count). The van der Waals surface area contributed by atoms with Gasteiger partial charge in [-0.1, -0.05) is 63.6 Å². The number of alkyl halides is 1. The molecular formula is C29H33BrN6O4S. The number of para-hydroxylation sites is 1. The summed E-state index contributed by atoms with van der Waals surface area (Å²) >= 11 is 5.43. The van der Waals surface area contributed by atoms with Gasteiger partial charge in [-0.05, 0) is 43.4 Å². The first-order chi connectivity index (χ1) is 19.9. The molecule has 2 aromatic carbocycles. The summed E-state index contributed by atoms with van der Waals surface area (Å²) in [5, 5.41) is 23.6. The Morgan fingerprint density at radius 1 is 1.05 bits per heavy atom. The number of fused-ring (bicyclic) bond motifs is 2. The maximum absolute atomic E-state index is 14.1. The molecule has 4 heterocycles.